The normalized spacial score (nSPS) is 11.1. The third kappa shape index (κ3) is 3.56. The van der Waals surface area contributed by atoms with Gasteiger partial charge in [-0.25, -0.2) is 12.8 Å². The molecule has 0 heterocycles. The molecule has 27 heavy (non-hydrogen) atoms. The van der Waals surface area contributed by atoms with Crippen molar-refractivity contribution in [3.63, 3.8) is 0 Å². The van der Waals surface area contributed by atoms with Gasteiger partial charge < -0.3 is 9.47 Å². The van der Waals surface area contributed by atoms with Crippen LogP contribution in [0.25, 0.3) is 0 Å². The van der Waals surface area contributed by atoms with Gasteiger partial charge in [0, 0.05) is 6.92 Å². The Bertz CT molecular complexity index is 1040. The van der Waals surface area contributed by atoms with Crippen LogP contribution in [0, 0.1) is 27.6 Å². The van der Waals surface area contributed by atoms with Crippen molar-refractivity contribution in [3.05, 3.63) is 51.8 Å². The first-order valence-corrected chi connectivity index (χ1v) is 8.43. The summed E-state index contributed by atoms with van der Waals surface area (Å²) in [5, 5.41) is 11.1. The van der Waals surface area contributed by atoms with Gasteiger partial charge in [0.15, 0.2) is 10.7 Å². The topological polar surface area (TPSA) is 113 Å². The van der Waals surface area contributed by atoms with Crippen molar-refractivity contribution < 1.29 is 40.8 Å². The van der Waals surface area contributed by atoms with E-state index in [1.165, 1.54) is 7.11 Å². The lowest BCUT2D eigenvalue weighted by Gasteiger charge is -2.11. The lowest BCUT2D eigenvalue weighted by Crippen LogP contribution is -2.15. The summed E-state index contributed by atoms with van der Waals surface area (Å²) in [6.07, 6.45) is 0. The molecule has 0 unspecified atom stereocenters. The largest absolute Gasteiger partial charge is 0.497 e. The predicted molar refractivity (Wildman–Crippen MR) is 82.7 cm³/mol. The molecular formula is C15H10F3NO7S. The average molecular weight is 405 g/mol. The van der Waals surface area contributed by atoms with E-state index in [-0.39, 0.29) is 5.75 Å². The van der Waals surface area contributed by atoms with Gasteiger partial charge in [0.2, 0.25) is 27.2 Å². The fourth-order valence-corrected chi connectivity index (χ4v) is 3.50. The van der Waals surface area contributed by atoms with Crippen molar-refractivity contribution >= 4 is 21.5 Å². The number of hydrogen-bond donors (Lipinski definition) is 0. The van der Waals surface area contributed by atoms with Gasteiger partial charge in [0.25, 0.3) is 0 Å². The number of methoxy groups -OCH3 is 1. The molecule has 0 aliphatic carbocycles. The Balaban J connectivity index is 2.83. The fourth-order valence-electron chi connectivity index (χ4n) is 2.12. The number of nitro groups is 1. The number of sulfone groups is 1. The summed E-state index contributed by atoms with van der Waals surface area (Å²) in [5.74, 6) is -9.39. The average Bonchev–Trinajstić information content (AvgIpc) is 2.58. The second kappa shape index (κ2) is 7.23. The van der Waals surface area contributed by atoms with Crippen LogP contribution in [0.1, 0.15) is 6.92 Å². The first-order chi connectivity index (χ1) is 12.5. The monoisotopic (exact) mass is 405 g/mol. The predicted octanol–water partition coefficient (Wildman–Crippen LogP) is 2.78. The summed E-state index contributed by atoms with van der Waals surface area (Å²) in [6.45, 7) is 0.709. The summed E-state index contributed by atoms with van der Waals surface area (Å²) in [6, 6.07) is 4.13. The van der Waals surface area contributed by atoms with Gasteiger partial charge in [-0.3, -0.25) is 14.9 Å². The molecule has 0 fully saturated rings. The number of nitrogens with zero attached hydrogens (tertiary/aromatic N) is 1. The van der Waals surface area contributed by atoms with Crippen molar-refractivity contribution in [2.45, 2.75) is 16.7 Å². The van der Waals surface area contributed by atoms with Gasteiger partial charge in [-0.1, -0.05) is 0 Å². The van der Waals surface area contributed by atoms with E-state index in [0.29, 0.717) is 6.92 Å². The number of nitro benzene ring substituents is 1. The molecule has 12 heteroatoms. The van der Waals surface area contributed by atoms with Crippen LogP contribution < -0.4 is 9.47 Å². The van der Waals surface area contributed by atoms with E-state index in [0.717, 1.165) is 24.3 Å². The zero-order valence-electron chi connectivity index (χ0n) is 13.7. The molecule has 0 radical (unpaired) electrons. The maximum atomic E-state index is 14.6. The third-order valence-corrected chi connectivity index (χ3v) is 5.07. The van der Waals surface area contributed by atoms with E-state index >= 15 is 0 Å². The van der Waals surface area contributed by atoms with E-state index in [2.05, 4.69) is 4.74 Å². The van der Waals surface area contributed by atoms with Gasteiger partial charge >= 0.3 is 11.7 Å². The Kier molecular flexibility index (Phi) is 5.40. The summed E-state index contributed by atoms with van der Waals surface area (Å²) in [7, 11) is -3.75. The van der Waals surface area contributed by atoms with Crippen molar-refractivity contribution in [1.29, 1.82) is 0 Å². The van der Waals surface area contributed by atoms with Gasteiger partial charge in [-0.05, 0) is 24.3 Å². The molecule has 0 aliphatic heterocycles. The van der Waals surface area contributed by atoms with E-state index in [4.69, 9.17) is 4.74 Å². The maximum Gasteiger partial charge on any atom is 0.351 e. The molecule has 2 aromatic carbocycles. The van der Waals surface area contributed by atoms with Crippen molar-refractivity contribution in [3.8, 4) is 11.5 Å². The summed E-state index contributed by atoms with van der Waals surface area (Å²) in [4.78, 5) is 17.9. The Morgan fingerprint density at radius 2 is 1.63 bits per heavy atom. The molecule has 0 aliphatic rings. The van der Waals surface area contributed by atoms with E-state index in [1.807, 2.05) is 0 Å². The molecule has 0 atom stereocenters. The Labute approximate surface area is 150 Å². The number of ether oxygens (including phenoxy) is 2. The minimum absolute atomic E-state index is 0.220. The first kappa shape index (κ1) is 20.2. The van der Waals surface area contributed by atoms with Crippen LogP contribution in [0.5, 0.6) is 11.5 Å². The molecule has 2 rings (SSSR count). The molecule has 0 saturated heterocycles. The van der Waals surface area contributed by atoms with Gasteiger partial charge in [0.1, 0.15) is 5.75 Å². The minimum atomic E-state index is -5.04. The smallest absolute Gasteiger partial charge is 0.351 e. The summed E-state index contributed by atoms with van der Waals surface area (Å²) < 4.78 is 77.1. The number of carbonyl (C=O) groups excluding carboxylic acids is 1. The molecule has 0 amide bonds. The Morgan fingerprint density at radius 3 is 2.07 bits per heavy atom. The maximum absolute atomic E-state index is 14.6. The fraction of sp³-hybridized carbons (Fsp3) is 0.133. The molecule has 0 saturated carbocycles. The molecule has 0 N–H and O–H groups in total. The zero-order valence-corrected chi connectivity index (χ0v) is 14.5. The standard InChI is InChI=1S/C15H10F3NO7S/c1-7(20)26-14-10(16)11(17)15(12(18)13(14)19(21)22)27(23,24)9-5-3-8(25-2)4-6-9/h3-6H,1-2H3. The van der Waals surface area contributed by atoms with Crippen LogP contribution in [0.4, 0.5) is 18.9 Å². The van der Waals surface area contributed by atoms with Crippen molar-refractivity contribution in [1.82, 2.24) is 0 Å². The van der Waals surface area contributed by atoms with Crippen LogP contribution in [0.2, 0.25) is 0 Å². The summed E-state index contributed by atoms with van der Waals surface area (Å²) in [5.41, 5.74) is -1.82. The van der Waals surface area contributed by atoms with Crippen molar-refractivity contribution in [2.75, 3.05) is 7.11 Å². The van der Waals surface area contributed by atoms with E-state index in [9.17, 15) is 36.5 Å². The Hall–Kier alpha value is -3.15. The first-order valence-electron chi connectivity index (χ1n) is 6.94. The van der Waals surface area contributed by atoms with E-state index < -0.39 is 59.4 Å². The quantitative estimate of drug-likeness (QED) is 0.247. The number of benzene rings is 2. The minimum Gasteiger partial charge on any atom is -0.497 e. The molecule has 0 aromatic heterocycles. The van der Waals surface area contributed by atoms with Crippen LogP contribution in [-0.4, -0.2) is 26.4 Å². The lowest BCUT2D eigenvalue weighted by atomic mass is 10.2. The third-order valence-electron chi connectivity index (χ3n) is 3.28. The highest BCUT2D eigenvalue weighted by Crippen LogP contribution is 2.41. The summed E-state index contributed by atoms with van der Waals surface area (Å²) >= 11 is 0. The second-order valence-electron chi connectivity index (χ2n) is 4.98. The van der Waals surface area contributed by atoms with Crippen LogP contribution in [0.3, 0.4) is 0 Å². The van der Waals surface area contributed by atoms with Crippen molar-refractivity contribution in [2.24, 2.45) is 0 Å². The molecule has 2 aromatic rings. The van der Waals surface area contributed by atoms with Gasteiger partial charge in [-0.15, -0.1) is 0 Å². The molecule has 144 valence electrons. The van der Waals surface area contributed by atoms with Crippen LogP contribution in [-0.2, 0) is 14.6 Å². The lowest BCUT2D eigenvalue weighted by molar-refractivity contribution is -0.389. The SMILES string of the molecule is COc1ccc(S(=O)(=O)c2c(F)c(F)c(OC(C)=O)c([N+](=O)[O-])c2F)cc1. The number of esters is 1. The Morgan fingerprint density at radius 1 is 1.07 bits per heavy atom. The van der Waals surface area contributed by atoms with E-state index in [1.54, 1.807) is 0 Å². The van der Waals surface area contributed by atoms with Crippen LogP contribution in [0.15, 0.2) is 34.1 Å². The number of carbonyl (C=O) groups is 1. The highest BCUT2D eigenvalue weighted by atomic mass is 32.2. The zero-order chi connectivity index (χ0) is 20.5. The number of rotatable bonds is 5. The number of halogens is 3. The molecule has 0 bridgehead atoms. The second-order valence-corrected chi connectivity index (χ2v) is 6.87. The molecular weight excluding hydrogens is 395 g/mol. The highest BCUT2D eigenvalue weighted by Gasteiger charge is 2.40. The molecule has 8 nitrogen and oxygen atoms in total. The van der Waals surface area contributed by atoms with Crippen LogP contribution >= 0.6 is 0 Å². The van der Waals surface area contributed by atoms with Gasteiger partial charge in [-0.2, -0.15) is 8.78 Å². The number of hydrogen-bond acceptors (Lipinski definition) is 7. The van der Waals surface area contributed by atoms with Gasteiger partial charge in [0.05, 0.1) is 16.9 Å². The molecule has 0 spiro atoms. The highest BCUT2D eigenvalue weighted by molar-refractivity contribution is 7.91.